The van der Waals surface area contributed by atoms with Crippen molar-refractivity contribution in [1.29, 1.82) is 0 Å². The van der Waals surface area contributed by atoms with Crippen molar-refractivity contribution in [1.82, 2.24) is 0 Å². The molecule has 0 aromatic rings. The van der Waals surface area contributed by atoms with E-state index in [1.807, 2.05) is 0 Å². The fraction of sp³-hybridized carbons (Fsp3) is 0.915. The zero-order chi connectivity index (χ0) is 54.8. The summed E-state index contributed by atoms with van der Waals surface area (Å²) in [4.78, 5) is 24.6. The van der Waals surface area contributed by atoms with E-state index >= 15 is 0 Å². The molecule has 5 heteroatoms. The van der Waals surface area contributed by atoms with Crippen molar-refractivity contribution in [3.05, 3.63) is 24.3 Å². The summed E-state index contributed by atoms with van der Waals surface area (Å²) in [5.41, 5.74) is 0. The second-order valence-electron chi connectivity index (χ2n) is 24.0. The van der Waals surface area contributed by atoms with Gasteiger partial charge in [-0.05, 0) is 64.2 Å². The molecule has 1 unspecified atom stereocenters. The Morgan fingerprint density at radius 1 is 0.289 bits per heavy atom. The molecule has 0 rings (SSSR count). The molecule has 0 saturated carbocycles. The number of allylic oxidation sites excluding steroid dienone is 4. The quantitative estimate of drug-likeness (QED) is 0.0373. The van der Waals surface area contributed by atoms with E-state index in [9.17, 15) is 14.7 Å². The molecule has 0 aliphatic carbocycles. The summed E-state index contributed by atoms with van der Waals surface area (Å²) in [5.74, 6) is -0.570. The molecule has 0 aliphatic rings. The Kier molecular flexibility index (Phi) is 66.2. The molecule has 0 radical (unpaired) electrons. The third-order valence-electron chi connectivity index (χ3n) is 16.2. The first-order valence-electron chi connectivity index (χ1n) is 34.9. The van der Waals surface area contributed by atoms with Crippen LogP contribution in [0.25, 0.3) is 0 Å². The number of hydrogen-bond acceptors (Lipinski definition) is 5. The van der Waals surface area contributed by atoms with Crippen LogP contribution < -0.4 is 0 Å². The Morgan fingerprint density at radius 2 is 0.487 bits per heavy atom. The highest BCUT2D eigenvalue weighted by atomic mass is 16.6. The van der Waals surface area contributed by atoms with Crippen molar-refractivity contribution in [2.24, 2.45) is 0 Å². The van der Waals surface area contributed by atoms with Crippen LogP contribution >= 0.6 is 0 Å². The SMILES string of the molecule is CCCCCCCCCC/C=C\CCCCCCCCCCCCCCCCCCCCCCCCCCCCCCCC(=O)OC(CO)COC(=O)CCCCCCCCCCC/C=C\CCCCCCCCCC. The van der Waals surface area contributed by atoms with Gasteiger partial charge in [-0.25, -0.2) is 0 Å². The van der Waals surface area contributed by atoms with Crippen LogP contribution in [-0.2, 0) is 19.1 Å². The van der Waals surface area contributed by atoms with Gasteiger partial charge in [-0.3, -0.25) is 9.59 Å². The topological polar surface area (TPSA) is 72.8 Å². The molecule has 0 aromatic carbocycles. The summed E-state index contributed by atoms with van der Waals surface area (Å²) >= 11 is 0. The van der Waals surface area contributed by atoms with E-state index in [0.29, 0.717) is 12.8 Å². The zero-order valence-electron chi connectivity index (χ0n) is 51.8. The molecule has 0 bridgehead atoms. The average Bonchev–Trinajstić information content (AvgIpc) is 3.42. The molecule has 1 N–H and O–H groups in total. The summed E-state index contributed by atoms with van der Waals surface area (Å²) in [6, 6.07) is 0. The van der Waals surface area contributed by atoms with Gasteiger partial charge in [0.25, 0.3) is 0 Å². The summed E-state index contributed by atoms with van der Waals surface area (Å²) in [5, 5.41) is 9.68. The summed E-state index contributed by atoms with van der Waals surface area (Å²) in [7, 11) is 0. The van der Waals surface area contributed by atoms with Crippen molar-refractivity contribution in [2.75, 3.05) is 13.2 Å². The zero-order valence-corrected chi connectivity index (χ0v) is 51.8. The fourth-order valence-electron chi connectivity index (χ4n) is 11.0. The fourth-order valence-corrected chi connectivity index (χ4v) is 11.0. The Labute approximate surface area is 476 Å². The van der Waals surface area contributed by atoms with Crippen molar-refractivity contribution in [3.63, 3.8) is 0 Å². The Hall–Kier alpha value is -1.62. The molecule has 0 saturated heterocycles. The van der Waals surface area contributed by atoms with Crippen molar-refractivity contribution < 1.29 is 24.2 Å². The predicted molar refractivity (Wildman–Crippen MR) is 335 cm³/mol. The van der Waals surface area contributed by atoms with Gasteiger partial charge in [-0.2, -0.15) is 0 Å². The third kappa shape index (κ3) is 64.9. The maximum Gasteiger partial charge on any atom is 0.306 e. The summed E-state index contributed by atoms with van der Waals surface area (Å²) < 4.78 is 10.7. The van der Waals surface area contributed by atoms with Gasteiger partial charge in [0.1, 0.15) is 6.61 Å². The summed E-state index contributed by atoms with van der Waals surface area (Å²) in [6.07, 6.45) is 88.0. The highest BCUT2D eigenvalue weighted by Gasteiger charge is 2.16. The second kappa shape index (κ2) is 67.7. The van der Waals surface area contributed by atoms with E-state index in [1.54, 1.807) is 0 Å². The number of unbranched alkanes of at least 4 members (excludes halogenated alkanes) is 54. The monoisotopic (exact) mass is 1070 g/mol. The van der Waals surface area contributed by atoms with Gasteiger partial charge in [0, 0.05) is 12.8 Å². The third-order valence-corrected chi connectivity index (χ3v) is 16.2. The smallest absolute Gasteiger partial charge is 0.306 e. The van der Waals surface area contributed by atoms with Gasteiger partial charge in [0.05, 0.1) is 6.61 Å². The Morgan fingerprint density at radius 3 is 0.711 bits per heavy atom. The highest BCUT2D eigenvalue weighted by molar-refractivity contribution is 5.70. The molecule has 0 aliphatic heterocycles. The van der Waals surface area contributed by atoms with E-state index in [2.05, 4.69) is 38.2 Å². The average molecular weight is 1070 g/mol. The maximum absolute atomic E-state index is 12.3. The van der Waals surface area contributed by atoms with E-state index in [0.717, 1.165) is 38.5 Å². The van der Waals surface area contributed by atoms with Crippen LogP contribution in [0.15, 0.2) is 24.3 Å². The van der Waals surface area contributed by atoms with E-state index in [1.165, 1.54) is 334 Å². The van der Waals surface area contributed by atoms with Crippen LogP contribution in [0.3, 0.4) is 0 Å². The standard InChI is InChI=1S/C71H136O5/c1-3-5-7-9-11-13-15-17-19-21-23-25-26-27-28-29-30-31-32-33-34-35-36-37-38-39-40-41-42-43-44-46-48-50-52-54-56-58-60-62-64-66-71(74)76-69(67-72)68-75-70(73)65-63-61-59-57-55-53-51-49-47-45-24-22-20-18-16-14-12-10-8-6-4-2/h21-24,69,72H,3-20,25-68H2,1-2H3/b23-21-,24-22-. The number of carbonyl (C=O) groups excluding carboxylic acids is 2. The first-order valence-corrected chi connectivity index (χ1v) is 34.9. The van der Waals surface area contributed by atoms with E-state index < -0.39 is 6.10 Å². The van der Waals surface area contributed by atoms with Crippen LogP contribution in [-0.4, -0.2) is 36.4 Å². The Bertz CT molecular complexity index is 1160. The van der Waals surface area contributed by atoms with Gasteiger partial charge in [0.2, 0.25) is 0 Å². The minimum atomic E-state index is -0.770. The first kappa shape index (κ1) is 74.4. The molecule has 0 amide bonds. The molecular formula is C71H136O5. The lowest BCUT2D eigenvalue weighted by atomic mass is 10.0. The van der Waals surface area contributed by atoms with Crippen LogP contribution in [0.4, 0.5) is 0 Å². The number of esters is 2. The van der Waals surface area contributed by atoms with Crippen LogP contribution in [0.2, 0.25) is 0 Å². The first-order chi connectivity index (χ1) is 37.6. The number of rotatable bonds is 66. The van der Waals surface area contributed by atoms with E-state index in [-0.39, 0.29) is 25.2 Å². The molecular weight excluding hydrogens is 933 g/mol. The number of hydrogen-bond donors (Lipinski definition) is 1. The molecule has 0 spiro atoms. The van der Waals surface area contributed by atoms with Crippen molar-refractivity contribution >= 4 is 11.9 Å². The maximum atomic E-state index is 12.3. The normalized spacial score (nSPS) is 12.2. The number of aliphatic hydroxyl groups is 1. The lowest BCUT2D eigenvalue weighted by Crippen LogP contribution is -2.28. The van der Waals surface area contributed by atoms with Gasteiger partial charge >= 0.3 is 11.9 Å². The molecule has 5 nitrogen and oxygen atoms in total. The Balaban J connectivity index is 3.35. The van der Waals surface area contributed by atoms with Gasteiger partial charge in [0.15, 0.2) is 6.10 Å². The van der Waals surface area contributed by atoms with Crippen LogP contribution in [0.1, 0.15) is 399 Å². The number of aliphatic hydroxyl groups excluding tert-OH is 1. The molecule has 76 heavy (non-hydrogen) atoms. The lowest BCUT2D eigenvalue weighted by Gasteiger charge is -2.15. The van der Waals surface area contributed by atoms with Crippen LogP contribution in [0, 0.1) is 0 Å². The highest BCUT2D eigenvalue weighted by Crippen LogP contribution is 2.19. The number of ether oxygens (including phenoxy) is 2. The predicted octanol–water partition coefficient (Wildman–Crippen LogP) is 24.0. The molecule has 450 valence electrons. The van der Waals surface area contributed by atoms with Crippen LogP contribution in [0.5, 0.6) is 0 Å². The molecule has 0 fully saturated rings. The molecule has 0 heterocycles. The van der Waals surface area contributed by atoms with Gasteiger partial charge < -0.3 is 14.6 Å². The number of carbonyl (C=O) groups is 2. The minimum Gasteiger partial charge on any atom is -0.462 e. The van der Waals surface area contributed by atoms with Crippen molar-refractivity contribution in [3.8, 4) is 0 Å². The summed E-state index contributed by atoms with van der Waals surface area (Å²) in [6.45, 7) is 4.20. The van der Waals surface area contributed by atoms with E-state index in [4.69, 9.17) is 9.47 Å². The van der Waals surface area contributed by atoms with Gasteiger partial charge in [-0.1, -0.05) is 346 Å². The molecule has 0 aromatic heterocycles. The van der Waals surface area contributed by atoms with Crippen molar-refractivity contribution in [2.45, 2.75) is 405 Å². The minimum absolute atomic E-state index is 0.0604. The largest absolute Gasteiger partial charge is 0.462 e. The lowest BCUT2D eigenvalue weighted by molar-refractivity contribution is -0.161. The molecule has 1 atom stereocenters. The van der Waals surface area contributed by atoms with Gasteiger partial charge in [-0.15, -0.1) is 0 Å². The second-order valence-corrected chi connectivity index (χ2v) is 24.0.